The number of benzene rings is 3. The lowest BCUT2D eigenvalue weighted by molar-refractivity contribution is 0.284. The Bertz CT molecular complexity index is 1290. The normalized spacial score (nSPS) is 13.5. The van der Waals surface area contributed by atoms with Crippen LogP contribution in [0.2, 0.25) is 0 Å². The molecule has 0 saturated carbocycles. The van der Waals surface area contributed by atoms with Crippen molar-refractivity contribution in [2.24, 2.45) is 0 Å². The highest BCUT2D eigenvalue weighted by Gasteiger charge is 2.13. The van der Waals surface area contributed by atoms with Gasteiger partial charge in [-0.15, -0.1) is 0 Å². The van der Waals surface area contributed by atoms with Crippen LogP contribution in [0.4, 0.5) is 17.2 Å². The summed E-state index contributed by atoms with van der Waals surface area (Å²) in [7, 11) is 3.30. The topological polar surface area (TPSA) is 80.8 Å². The van der Waals surface area contributed by atoms with Gasteiger partial charge in [0.2, 0.25) is 0 Å². The van der Waals surface area contributed by atoms with Gasteiger partial charge < -0.3 is 29.7 Å². The fourth-order valence-electron chi connectivity index (χ4n) is 4.04. The molecule has 1 aromatic heterocycles. The van der Waals surface area contributed by atoms with Crippen molar-refractivity contribution in [1.82, 2.24) is 15.3 Å². The highest BCUT2D eigenvalue weighted by atomic mass is 16.5. The molecule has 0 aliphatic carbocycles. The van der Waals surface area contributed by atoms with Crippen LogP contribution in [0.25, 0.3) is 11.0 Å². The molecule has 5 rings (SSSR count). The molecule has 0 spiro atoms. The molecule has 0 radical (unpaired) electrons. The largest absolute Gasteiger partial charge is 0.497 e. The van der Waals surface area contributed by atoms with Gasteiger partial charge in [0, 0.05) is 43.6 Å². The Morgan fingerprint density at radius 2 is 1.63 bits per heavy atom. The number of ether oxygens (including phenoxy) is 3. The Hall–Kier alpha value is -4.04. The standard InChI is InChI=1S/C27H29N5O3/c1-33-22-7-3-19(4-8-22)18-35-25-10-6-21(16-26(25)34-2)30-20-5-9-23-24(15-20)31-27(17-29-23)32-13-11-28-12-14-32/h3-10,15-17,28,30H,11-14,18H2,1-2H3. The van der Waals surface area contributed by atoms with Crippen LogP contribution in [-0.2, 0) is 6.61 Å². The van der Waals surface area contributed by atoms with Crippen LogP contribution in [0.15, 0.2) is 66.9 Å². The smallest absolute Gasteiger partial charge is 0.162 e. The first-order chi connectivity index (χ1) is 17.2. The van der Waals surface area contributed by atoms with Crippen molar-refractivity contribution < 1.29 is 14.2 Å². The first kappa shape index (κ1) is 22.7. The fraction of sp³-hybridized carbons (Fsp3) is 0.259. The zero-order valence-electron chi connectivity index (χ0n) is 20.0. The predicted molar refractivity (Wildman–Crippen MR) is 138 cm³/mol. The summed E-state index contributed by atoms with van der Waals surface area (Å²) in [6, 6.07) is 19.6. The fourth-order valence-corrected chi connectivity index (χ4v) is 4.04. The Labute approximate surface area is 204 Å². The summed E-state index contributed by atoms with van der Waals surface area (Å²) in [6.07, 6.45) is 1.86. The second-order valence-electron chi connectivity index (χ2n) is 8.30. The minimum Gasteiger partial charge on any atom is -0.497 e. The number of nitrogens with zero attached hydrogens (tertiary/aromatic N) is 3. The lowest BCUT2D eigenvalue weighted by Crippen LogP contribution is -2.43. The van der Waals surface area contributed by atoms with Crippen LogP contribution in [0.3, 0.4) is 0 Å². The number of rotatable bonds is 8. The van der Waals surface area contributed by atoms with Crippen LogP contribution < -0.4 is 29.7 Å². The monoisotopic (exact) mass is 471 g/mol. The summed E-state index contributed by atoms with van der Waals surface area (Å²) in [5.41, 5.74) is 4.60. The van der Waals surface area contributed by atoms with E-state index in [1.165, 1.54) is 0 Å². The maximum Gasteiger partial charge on any atom is 0.162 e. The second kappa shape index (κ2) is 10.5. The number of fused-ring (bicyclic) bond motifs is 1. The van der Waals surface area contributed by atoms with E-state index < -0.39 is 0 Å². The van der Waals surface area contributed by atoms with Gasteiger partial charge in [-0.3, -0.25) is 4.98 Å². The van der Waals surface area contributed by atoms with E-state index in [1.807, 2.05) is 66.9 Å². The molecular formula is C27H29N5O3. The van der Waals surface area contributed by atoms with Crippen LogP contribution in [0.1, 0.15) is 5.56 Å². The van der Waals surface area contributed by atoms with Crippen molar-refractivity contribution >= 4 is 28.2 Å². The average Bonchev–Trinajstić information content (AvgIpc) is 2.92. The van der Waals surface area contributed by atoms with Crippen molar-refractivity contribution in [3.05, 3.63) is 72.4 Å². The van der Waals surface area contributed by atoms with Crippen molar-refractivity contribution in [2.45, 2.75) is 6.61 Å². The molecule has 8 heteroatoms. The molecule has 0 bridgehead atoms. The molecule has 1 fully saturated rings. The van der Waals surface area contributed by atoms with Crippen molar-refractivity contribution in [3.8, 4) is 17.2 Å². The molecule has 1 aliphatic rings. The molecule has 1 saturated heterocycles. The third kappa shape index (κ3) is 5.38. The molecule has 8 nitrogen and oxygen atoms in total. The minimum absolute atomic E-state index is 0.436. The first-order valence-electron chi connectivity index (χ1n) is 11.6. The highest BCUT2D eigenvalue weighted by Crippen LogP contribution is 2.32. The number of methoxy groups -OCH3 is 2. The molecule has 0 unspecified atom stereocenters. The van der Waals surface area contributed by atoms with E-state index in [0.717, 1.165) is 65.7 Å². The summed E-state index contributed by atoms with van der Waals surface area (Å²) >= 11 is 0. The van der Waals surface area contributed by atoms with Gasteiger partial charge in [-0.1, -0.05) is 12.1 Å². The molecule has 3 aromatic carbocycles. The van der Waals surface area contributed by atoms with Gasteiger partial charge in [0.25, 0.3) is 0 Å². The van der Waals surface area contributed by atoms with Crippen LogP contribution in [0, 0.1) is 0 Å². The molecule has 4 aromatic rings. The lowest BCUT2D eigenvalue weighted by atomic mass is 10.2. The lowest BCUT2D eigenvalue weighted by Gasteiger charge is -2.28. The summed E-state index contributed by atoms with van der Waals surface area (Å²) < 4.78 is 16.8. The van der Waals surface area contributed by atoms with E-state index in [2.05, 4.69) is 20.5 Å². The molecule has 2 heterocycles. The van der Waals surface area contributed by atoms with Crippen molar-refractivity contribution in [3.63, 3.8) is 0 Å². The Balaban J connectivity index is 1.30. The summed E-state index contributed by atoms with van der Waals surface area (Å²) in [6.45, 7) is 4.23. The van der Waals surface area contributed by atoms with E-state index >= 15 is 0 Å². The molecule has 0 amide bonds. The van der Waals surface area contributed by atoms with E-state index in [-0.39, 0.29) is 0 Å². The number of nitrogens with one attached hydrogen (secondary N) is 2. The Kier molecular flexibility index (Phi) is 6.81. The molecule has 1 aliphatic heterocycles. The predicted octanol–water partition coefficient (Wildman–Crippen LogP) is 4.38. The minimum atomic E-state index is 0.436. The summed E-state index contributed by atoms with van der Waals surface area (Å²) in [5, 5.41) is 6.81. The number of hydrogen-bond donors (Lipinski definition) is 2. The Morgan fingerprint density at radius 1 is 0.857 bits per heavy atom. The van der Waals surface area contributed by atoms with Gasteiger partial charge in [-0.2, -0.15) is 0 Å². The van der Waals surface area contributed by atoms with Crippen LogP contribution in [0.5, 0.6) is 17.2 Å². The second-order valence-corrected chi connectivity index (χ2v) is 8.30. The third-order valence-electron chi connectivity index (χ3n) is 5.98. The SMILES string of the molecule is COc1ccc(COc2ccc(Nc3ccc4ncc(N5CCNCC5)nc4c3)cc2OC)cc1. The van der Waals surface area contributed by atoms with Crippen molar-refractivity contribution in [2.75, 3.05) is 50.6 Å². The quantitative estimate of drug-likeness (QED) is 0.392. The summed E-state index contributed by atoms with van der Waals surface area (Å²) in [5.74, 6) is 3.07. The molecule has 180 valence electrons. The third-order valence-corrected chi connectivity index (χ3v) is 5.98. The molecular weight excluding hydrogens is 442 g/mol. The van der Waals surface area contributed by atoms with Gasteiger partial charge in [-0.05, 0) is 48.0 Å². The molecule has 35 heavy (non-hydrogen) atoms. The number of hydrogen-bond acceptors (Lipinski definition) is 8. The zero-order valence-corrected chi connectivity index (χ0v) is 20.0. The number of piperazine rings is 1. The summed E-state index contributed by atoms with van der Waals surface area (Å²) in [4.78, 5) is 11.7. The Morgan fingerprint density at radius 3 is 2.40 bits per heavy atom. The van der Waals surface area contributed by atoms with Gasteiger partial charge in [0.1, 0.15) is 18.2 Å². The highest BCUT2D eigenvalue weighted by molar-refractivity contribution is 5.81. The van der Waals surface area contributed by atoms with E-state index in [4.69, 9.17) is 19.2 Å². The van der Waals surface area contributed by atoms with Crippen LogP contribution >= 0.6 is 0 Å². The van der Waals surface area contributed by atoms with Gasteiger partial charge in [0.15, 0.2) is 11.5 Å². The van der Waals surface area contributed by atoms with Gasteiger partial charge in [-0.25, -0.2) is 4.98 Å². The number of anilines is 3. The first-order valence-corrected chi connectivity index (χ1v) is 11.6. The molecule has 2 N–H and O–H groups in total. The number of aromatic nitrogens is 2. The zero-order chi connectivity index (χ0) is 24.0. The van der Waals surface area contributed by atoms with Gasteiger partial charge in [0.05, 0.1) is 31.4 Å². The molecule has 0 atom stereocenters. The van der Waals surface area contributed by atoms with E-state index in [1.54, 1.807) is 14.2 Å². The van der Waals surface area contributed by atoms with Crippen LogP contribution in [-0.4, -0.2) is 50.4 Å². The maximum atomic E-state index is 6.00. The van der Waals surface area contributed by atoms with Crippen molar-refractivity contribution in [1.29, 1.82) is 0 Å². The maximum absolute atomic E-state index is 6.00. The van der Waals surface area contributed by atoms with Gasteiger partial charge >= 0.3 is 0 Å². The van der Waals surface area contributed by atoms with E-state index in [9.17, 15) is 0 Å². The van der Waals surface area contributed by atoms with E-state index in [0.29, 0.717) is 18.1 Å². The average molecular weight is 472 g/mol.